The van der Waals surface area contributed by atoms with Crippen molar-refractivity contribution in [1.82, 2.24) is 19.8 Å². The van der Waals surface area contributed by atoms with Gasteiger partial charge < -0.3 is 4.74 Å². The van der Waals surface area contributed by atoms with Gasteiger partial charge in [-0.2, -0.15) is 0 Å². The van der Waals surface area contributed by atoms with Crippen molar-refractivity contribution in [3.05, 3.63) is 22.5 Å². The number of aryl methyl sites for hydroxylation is 2. The van der Waals surface area contributed by atoms with E-state index in [0.717, 1.165) is 43.5 Å². The van der Waals surface area contributed by atoms with E-state index in [1.165, 1.54) is 10.6 Å². The second-order valence-electron chi connectivity index (χ2n) is 4.57. The molecule has 98 valence electrons. The molecule has 5 nitrogen and oxygen atoms in total. The third-order valence-electron chi connectivity index (χ3n) is 3.22. The summed E-state index contributed by atoms with van der Waals surface area (Å²) in [4.78, 5) is 6.98. The van der Waals surface area contributed by atoms with Gasteiger partial charge in [-0.15, -0.1) is 11.3 Å². The standard InChI is InChI=1S/C12H18N4OS/c1-9-8-16-11(10(2)14-12(16)18-9)7-13-15-3-5-17-6-4-15/h8,13H,3-7H2,1-2H3. The Kier molecular flexibility index (Phi) is 3.34. The Morgan fingerprint density at radius 2 is 2.17 bits per heavy atom. The van der Waals surface area contributed by atoms with Crippen LogP contribution in [-0.4, -0.2) is 40.7 Å². The van der Waals surface area contributed by atoms with Crippen molar-refractivity contribution in [3.63, 3.8) is 0 Å². The van der Waals surface area contributed by atoms with Crippen LogP contribution < -0.4 is 5.43 Å². The van der Waals surface area contributed by atoms with E-state index in [2.05, 4.69) is 39.9 Å². The minimum Gasteiger partial charge on any atom is -0.379 e. The van der Waals surface area contributed by atoms with Gasteiger partial charge in [-0.3, -0.25) is 4.40 Å². The Labute approximate surface area is 110 Å². The lowest BCUT2D eigenvalue weighted by atomic mass is 10.3. The predicted octanol–water partition coefficient (Wildman–Crippen LogP) is 1.35. The molecular weight excluding hydrogens is 248 g/mol. The predicted molar refractivity (Wildman–Crippen MR) is 71.8 cm³/mol. The van der Waals surface area contributed by atoms with Crippen molar-refractivity contribution in [2.75, 3.05) is 26.3 Å². The molecule has 3 heterocycles. The van der Waals surface area contributed by atoms with E-state index >= 15 is 0 Å². The van der Waals surface area contributed by atoms with Gasteiger partial charge in [0.25, 0.3) is 0 Å². The summed E-state index contributed by atoms with van der Waals surface area (Å²) in [6.45, 7) is 8.53. The maximum absolute atomic E-state index is 5.34. The van der Waals surface area contributed by atoms with Gasteiger partial charge in [0.05, 0.1) is 31.1 Å². The molecule has 1 aliphatic rings. The maximum atomic E-state index is 5.34. The summed E-state index contributed by atoms with van der Waals surface area (Å²) < 4.78 is 7.53. The van der Waals surface area contributed by atoms with Gasteiger partial charge in [0.2, 0.25) is 0 Å². The topological polar surface area (TPSA) is 41.8 Å². The normalized spacial score (nSPS) is 17.7. The lowest BCUT2D eigenvalue weighted by Crippen LogP contribution is -2.45. The SMILES string of the molecule is Cc1cn2c(CNN3CCOCC3)c(C)nc2s1. The largest absolute Gasteiger partial charge is 0.379 e. The molecule has 2 aromatic rings. The fraction of sp³-hybridized carbons (Fsp3) is 0.583. The fourth-order valence-corrected chi connectivity index (χ4v) is 3.12. The third-order valence-corrected chi connectivity index (χ3v) is 4.12. The number of fused-ring (bicyclic) bond motifs is 1. The van der Waals surface area contributed by atoms with Crippen LogP contribution in [0.25, 0.3) is 4.96 Å². The van der Waals surface area contributed by atoms with Gasteiger partial charge in [0.15, 0.2) is 4.96 Å². The molecule has 1 fully saturated rings. The van der Waals surface area contributed by atoms with Gasteiger partial charge in [-0.05, 0) is 13.8 Å². The zero-order valence-corrected chi connectivity index (χ0v) is 11.6. The first kappa shape index (κ1) is 12.1. The van der Waals surface area contributed by atoms with Crippen LogP contribution in [-0.2, 0) is 11.3 Å². The van der Waals surface area contributed by atoms with E-state index in [0.29, 0.717) is 0 Å². The molecule has 3 rings (SSSR count). The average Bonchev–Trinajstić information content (AvgIpc) is 2.84. The van der Waals surface area contributed by atoms with Crippen LogP contribution in [0.3, 0.4) is 0 Å². The second kappa shape index (κ2) is 4.97. The highest BCUT2D eigenvalue weighted by molar-refractivity contribution is 7.17. The summed E-state index contributed by atoms with van der Waals surface area (Å²) in [5.74, 6) is 0. The van der Waals surface area contributed by atoms with Crippen LogP contribution in [0, 0.1) is 13.8 Å². The molecule has 0 atom stereocenters. The molecule has 0 aliphatic carbocycles. The Morgan fingerprint density at radius 1 is 1.39 bits per heavy atom. The summed E-state index contributed by atoms with van der Waals surface area (Å²) in [5, 5.41) is 2.22. The van der Waals surface area contributed by atoms with Crippen molar-refractivity contribution in [2.45, 2.75) is 20.4 Å². The highest BCUT2D eigenvalue weighted by Crippen LogP contribution is 2.20. The van der Waals surface area contributed by atoms with Gasteiger partial charge in [0.1, 0.15) is 0 Å². The summed E-state index contributed by atoms with van der Waals surface area (Å²) >= 11 is 1.74. The summed E-state index contributed by atoms with van der Waals surface area (Å²) in [7, 11) is 0. The van der Waals surface area contributed by atoms with Crippen molar-refractivity contribution >= 4 is 16.3 Å². The molecule has 18 heavy (non-hydrogen) atoms. The fourth-order valence-electron chi connectivity index (χ4n) is 2.23. The Morgan fingerprint density at radius 3 is 2.94 bits per heavy atom. The molecular formula is C12H18N4OS. The van der Waals surface area contributed by atoms with E-state index in [9.17, 15) is 0 Å². The smallest absolute Gasteiger partial charge is 0.194 e. The molecule has 1 N–H and O–H groups in total. The van der Waals surface area contributed by atoms with Crippen molar-refractivity contribution in [3.8, 4) is 0 Å². The van der Waals surface area contributed by atoms with Crippen LogP contribution in [0.2, 0.25) is 0 Å². The van der Waals surface area contributed by atoms with Crippen molar-refractivity contribution < 1.29 is 4.74 Å². The minimum atomic E-state index is 0.811. The number of nitrogens with zero attached hydrogens (tertiary/aromatic N) is 3. The molecule has 0 radical (unpaired) electrons. The molecule has 0 bridgehead atoms. The quantitative estimate of drug-likeness (QED) is 0.910. The number of morpholine rings is 1. The minimum absolute atomic E-state index is 0.811. The number of hydrazine groups is 1. The molecule has 0 amide bonds. The summed E-state index contributed by atoms with van der Waals surface area (Å²) in [5.41, 5.74) is 5.83. The van der Waals surface area contributed by atoms with Crippen LogP contribution in [0.4, 0.5) is 0 Å². The first-order valence-corrected chi connectivity index (χ1v) is 7.06. The number of imidazole rings is 1. The lowest BCUT2D eigenvalue weighted by Gasteiger charge is -2.27. The van der Waals surface area contributed by atoms with E-state index in [1.807, 2.05) is 0 Å². The van der Waals surface area contributed by atoms with Crippen LogP contribution in [0.15, 0.2) is 6.20 Å². The maximum Gasteiger partial charge on any atom is 0.194 e. The van der Waals surface area contributed by atoms with E-state index in [-0.39, 0.29) is 0 Å². The number of nitrogens with one attached hydrogen (secondary N) is 1. The molecule has 0 spiro atoms. The summed E-state index contributed by atoms with van der Waals surface area (Å²) in [6.07, 6.45) is 2.16. The number of thiazole rings is 1. The number of aromatic nitrogens is 2. The van der Waals surface area contributed by atoms with Gasteiger partial charge in [-0.1, -0.05) is 0 Å². The molecule has 1 saturated heterocycles. The molecule has 6 heteroatoms. The average molecular weight is 266 g/mol. The van der Waals surface area contributed by atoms with Gasteiger partial charge in [-0.25, -0.2) is 15.4 Å². The number of rotatable bonds is 3. The van der Waals surface area contributed by atoms with E-state index in [4.69, 9.17) is 4.74 Å². The van der Waals surface area contributed by atoms with Crippen LogP contribution >= 0.6 is 11.3 Å². The zero-order valence-electron chi connectivity index (χ0n) is 10.8. The van der Waals surface area contributed by atoms with Crippen molar-refractivity contribution in [1.29, 1.82) is 0 Å². The second-order valence-corrected chi connectivity index (χ2v) is 5.79. The van der Waals surface area contributed by atoms with E-state index < -0.39 is 0 Å². The van der Waals surface area contributed by atoms with Crippen LogP contribution in [0.5, 0.6) is 0 Å². The monoisotopic (exact) mass is 266 g/mol. The molecule has 0 aromatic carbocycles. The first-order chi connectivity index (χ1) is 8.74. The van der Waals surface area contributed by atoms with E-state index in [1.54, 1.807) is 11.3 Å². The zero-order chi connectivity index (χ0) is 12.5. The van der Waals surface area contributed by atoms with Crippen molar-refractivity contribution in [2.24, 2.45) is 0 Å². The molecule has 1 aliphatic heterocycles. The Bertz CT molecular complexity index is 542. The molecule has 0 saturated carbocycles. The Balaban J connectivity index is 1.74. The third kappa shape index (κ3) is 2.29. The number of hydrogen-bond donors (Lipinski definition) is 1. The molecule has 0 unspecified atom stereocenters. The van der Waals surface area contributed by atoms with Crippen LogP contribution in [0.1, 0.15) is 16.3 Å². The lowest BCUT2D eigenvalue weighted by molar-refractivity contribution is 0.0103. The van der Waals surface area contributed by atoms with Gasteiger partial charge in [0, 0.05) is 24.2 Å². The first-order valence-electron chi connectivity index (χ1n) is 6.24. The summed E-state index contributed by atoms with van der Waals surface area (Å²) in [6, 6.07) is 0. The number of ether oxygens (including phenoxy) is 1. The highest BCUT2D eigenvalue weighted by Gasteiger charge is 2.14. The number of hydrogen-bond acceptors (Lipinski definition) is 5. The van der Waals surface area contributed by atoms with Gasteiger partial charge >= 0.3 is 0 Å². The Hall–Kier alpha value is -0.950. The highest BCUT2D eigenvalue weighted by atomic mass is 32.1. The molecule has 2 aromatic heterocycles.